The van der Waals surface area contributed by atoms with E-state index < -0.39 is 5.60 Å². The molecule has 2 rings (SSSR count). The van der Waals surface area contributed by atoms with Crippen LogP contribution in [0.3, 0.4) is 0 Å². The summed E-state index contributed by atoms with van der Waals surface area (Å²) < 4.78 is 5.43. The fraction of sp³-hybridized carbons (Fsp3) is 0.938. The molecular weight excluding hydrogens is 268 g/mol. The molecule has 0 aromatic rings. The molecule has 0 aromatic carbocycles. The Balaban J connectivity index is 1.79. The van der Waals surface area contributed by atoms with Crippen LogP contribution in [0.15, 0.2) is 0 Å². The van der Waals surface area contributed by atoms with Gasteiger partial charge in [-0.25, -0.2) is 4.79 Å². The van der Waals surface area contributed by atoms with Gasteiger partial charge in [0, 0.05) is 32.3 Å². The number of likely N-dealkylation sites (tertiary alicyclic amines) is 2. The highest BCUT2D eigenvalue weighted by Gasteiger charge is 2.31. The van der Waals surface area contributed by atoms with Gasteiger partial charge in [0.05, 0.1) is 0 Å². The summed E-state index contributed by atoms with van der Waals surface area (Å²) in [5, 5.41) is 9.33. The zero-order chi connectivity index (χ0) is 15.5. The second-order valence-electron chi connectivity index (χ2n) is 7.38. The standard InChI is InChI=1S/C16H30N2O3/c1-16(2,3)21-15(20)17-9-6-14(7-10-17)18-8-4-5-13(11-18)12-19/h13-14,19H,4-12H2,1-3H3/t13-/m1/s1. The molecule has 5 heteroatoms. The molecule has 5 nitrogen and oxygen atoms in total. The maximum atomic E-state index is 12.1. The number of piperidine rings is 2. The fourth-order valence-electron chi connectivity index (χ4n) is 3.32. The van der Waals surface area contributed by atoms with Gasteiger partial charge < -0.3 is 14.7 Å². The molecule has 2 fully saturated rings. The molecule has 0 bridgehead atoms. The van der Waals surface area contributed by atoms with Crippen LogP contribution >= 0.6 is 0 Å². The summed E-state index contributed by atoms with van der Waals surface area (Å²) in [5.41, 5.74) is -0.421. The van der Waals surface area contributed by atoms with Crippen LogP contribution in [0, 0.1) is 5.92 Å². The average molecular weight is 298 g/mol. The van der Waals surface area contributed by atoms with E-state index in [1.807, 2.05) is 25.7 Å². The van der Waals surface area contributed by atoms with E-state index in [2.05, 4.69) is 4.90 Å². The molecule has 21 heavy (non-hydrogen) atoms. The summed E-state index contributed by atoms with van der Waals surface area (Å²) in [6, 6.07) is 0.554. The van der Waals surface area contributed by atoms with Gasteiger partial charge >= 0.3 is 6.09 Å². The lowest BCUT2D eigenvalue weighted by Gasteiger charge is -2.42. The Bertz CT molecular complexity index is 346. The van der Waals surface area contributed by atoms with Gasteiger partial charge in [0.1, 0.15) is 5.60 Å². The summed E-state index contributed by atoms with van der Waals surface area (Å²) in [6.07, 6.45) is 4.16. The summed E-state index contributed by atoms with van der Waals surface area (Å²) >= 11 is 0. The zero-order valence-electron chi connectivity index (χ0n) is 13.7. The topological polar surface area (TPSA) is 53.0 Å². The van der Waals surface area contributed by atoms with Crippen molar-refractivity contribution in [2.24, 2.45) is 5.92 Å². The zero-order valence-corrected chi connectivity index (χ0v) is 13.7. The minimum absolute atomic E-state index is 0.187. The molecule has 122 valence electrons. The minimum Gasteiger partial charge on any atom is -0.444 e. The Kier molecular flexibility index (Phi) is 5.49. The first kappa shape index (κ1) is 16.6. The maximum absolute atomic E-state index is 12.1. The Hall–Kier alpha value is -0.810. The van der Waals surface area contributed by atoms with Crippen LogP contribution in [0.1, 0.15) is 46.5 Å². The molecule has 0 aliphatic carbocycles. The number of rotatable bonds is 2. The predicted molar refractivity (Wildman–Crippen MR) is 82.2 cm³/mol. The lowest BCUT2D eigenvalue weighted by molar-refractivity contribution is 0.00928. The number of nitrogens with zero attached hydrogens (tertiary/aromatic N) is 2. The van der Waals surface area contributed by atoms with Gasteiger partial charge in [0.2, 0.25) is 0 Å². The van der Waals surface area contributed by atoms with Gasteiger partial charge in [0.15, 0.2) is 0 Å². The van der Waals surface area contributed by atoms with Crippen molar-refractivity contribution >= 4 is 6.09 Å². The van der Waals surface area contributed by atoms with E-state index in [-0.39, 0.29) is 6.09 Å². The molecular formula is C16H30N2O3. The van der Waals surface area contributed by atoms with E-state index in [0.717, 1.165) is 45.4 Å². The molecule has 1 amide bonds. The van der Waals surface area contributed by atoms with Crippen LogP contribution in [-0.2, 0) is 4.74 Å². The van der Waals surface area contributed by atoms with Gasteiger partial charge in [-0.15, -0.1) is 0 Å². The molecule has 0 radical (unpaired) electrons. The molecule has 2 saturated heterocycles. The van der Waals surface area contributed by atoms with Crippen LogP contribution < -0.4 is 0 Å². The van der Waals surface area contributed by atoms with Crippen LogP contribution in [0.2, 0.25) is 0 Å². The third-order valence-corrected chi connectivity index (χ3v) is 4.44. The minimum atomic E-state index is -0.421. The van der Waals surface area contributed by atoms with E-state index in [1.165, 1.54) is 6.42 Å². The monoisotopic (exact) mass is 298 g/mol. The smallest absolute Gasteiger partial charge is 0.410 e. The van der Waals surface area contributed by atoms with Crippen LogP contribution in [-0.4, -0.2) is 65.4 Å². The highest BCUT2D eigenvalue weighted by molar-refractivity contribution is 5.68. The quantitative estimate of drug-likeness (QED) is 0.848. The summed E-state index contributed by atoms with van der Waals surface area (Å²) in [7, 11) is 0. The molecule has 2 aliphatic heterocycles. The molecule has 2 aliphatic rings. The molecule has 1 atom stereocenters. The largest absolute Gasteiger partial charge is 0.444 e. The molecule has 1 N–H and O–H groups in total. The number of hydrogen-bond acceptors (Lipinski definition) is 4. The van der Waals surface area contributed by atoms with Crippen molar-refractivity contribution in [3.63, 3.8) is 0 Å². The average Bonchev–Trinajstić information content (AvgIpc) is 2.46. The molecule has 0 aromatic heterocycles. The van der Waals surface area contributed by atoms with Crippen molar-refractivity contribution in [1.82, 2.24) is 9.80 Å². The lowest BCUT2D eigenvalue weighted by atomic mass is 9.94. The number of aliphatic hydroxyl groups is 1. The molecule has 0 unspecified atom stereocenters. The van der Waals surface area contributed by atoms with Crippen molar-refractivity contribution in [2.75, 3.05) is 32.8 Å². The van der Waals surface area contributed by atoms with Crippen molar-refractivity contribution < 1.29 is 14.6 Å². The molecule has 0 spiro atoms. The second-order valence-corrected chi connectivity index (χ2v) is 7.38. The Labute approximate surface area is 128 Å². The van der Waals surface area contributed by atoms with Gasteiger partial charge in [-0.2, -0.15) is 0 Å². The number of carbonyl (C=O) groups is 1. The number of carbonyl (C=O) groups excluding carboxylic acids is 1. The van der Waals surface area contributed by atoms with E-state index in [1.54, 1.807) is 0 Å². The van der Waals surface area contributed by atoms with Gasteiger partial charge in [0.25, 0.3) is 0 Å². The Morgan fingerprint density at radius 1 is 1.19 bits per heavy atom. The Morgan fingerprint density at radius 3 is 2.43 bits per heavy atom. The first-order valence-corrected chi connectivity index (χ1v) is 8.22. The van der Waals surface area contributed by atoms with E-state index in [9.17, 15) is 9.90 Å². The van der Waals surface area contributed by atoms with E-state index in [4.69, 9.17) is 4.74 Å². The number of amides is 1. The predicted octanol–water partition coefficient (Wildman–Crippen LogP) is 2.09. The summed E-state index contributed by atoms with van der Waals surface area (Å²) in [6.45, 7) is 9.70. The second kappa shape index (κ2) is 6.97. The van der Waals surface area contributed by atoms with Crippen molar-refractivity contribution in [2.45, 2.75) is 58.1 Å². The number of ether oxygens (including phenoxy) is 1. The normalized spacial score (nSPS) is 25.9. The first-order valence-electron chi connectivity index (χ1n) is 8.22. The molecule has 0 saturated carbocycles. The number of hydrogen-bond donors (Lipinski definition) is 1. The van der Waals surface area contributed by atoms with E-state index in [0.29, 0.717) is 18.6 Å². The SMILES string of the molecule is CC(C)(C)OC(=O)N1CCC(N2CCC[C@@H](CO)C2)CC1. The van der Waals surface area contributed by atoms with Crippen molar-refractivity contribution in [3.8, 4) is 0 Å². The number of aliphatic hydroxyl groups excluding tert-OH is 1. The van der Waals surface area contributed by atoms with E-state index >= 15 is 0 Å². The van der Waals surface area contributed by atoms with Gasteiger partial charge in [-0.05, 0) is 58.9 Å². The van der Waals surface area contributed by atoms with Crippen LogP contribution in [0.5, 0.6) is 0 Å². The first-order chi connectivity index (χ1) is 9.89. The summed E-state index contributed by atoms with van der Waals surface area (Å²) in [4.78, 5) is 16.4. The van der Waals surface area contributed by atoms with Crippen molar-refractivity contribution in [3.05, 3.63) is 0 Å². The van der Waals surface area contributed by atoms with Gasteiger partial charge in [-0.1, -0.05) is 0 Å². The highest BCUT2D eigenvalue weighted by atomic mass is 16.6. The third kappa shape index (κ3) is 4.85. The lowest BCUT2D eigenvalue weighted by Crippen LogP contribution is -2.50. The van der Waals surface area contributed by atoms with Crippen LogP contribution in [0.4, 0.5) is 4.79 Å². The maximum Gasteiger partial charge on any atom is 0.410 e. The third-order valence-electron chi connectivity index (χ3n) is 4.44. The highest BCUT2D eigenvalue weighted by Crippen LogP contribution is 2.24. The Morgan fingerprint density at radius 2 is 1.86 bits per heavy atom. The van der Waals surface area contributed by atoms with Crippen LogP contribution in [0.25, 0.3) is 0 Å². The summed E-state index contributed by atoms with van der Waals surface area (Å²) in [5.74, 6) is 0.433. The fourth-order valence-corrected chi connectivity index (χ4v) is 3.32. The van der Waals surface area contributed by atoms with Crippen molar-refractivity contribution in [1.29, 1.82) is 0 Å². The van der Waals surface area contributed by atoms with Gasteiger partial charge in [-0.3, -0.25) is 4.90 Å². The molecule has 2 heterocycles.